The van der Waals surface area contributed by atoms with E-state index in [1.165, 1.54) is 6.42 Å². The van der Waals surface area contributed by atoms with Gasteiger partial charge in [-0.05, 0) is 56.6 Å². The highest BCUT2D eigenvalue weighted by Gasteiger charge is 2.53. The predicted octanol–water partition coefficient (Wildman–Crippen LogP) is 2.49. The molecular formula is C20H30N2O3S. The molecule has 5 nitrogen and oxygen atoms in total. The Kier molecular flexibility index (Phi) is 4.66. The fourth-order valence-corrected chi connectivity index (χ4v) is 7.37. The van der Waals surface area contributed by atoms with Crippen molar-refractivity contribution in [1.29, 1.82) is 0 Å². The van der Waals surface area contributed by atoms with E-state index >= 15 is 0 Å². The Morgan fingerprint density at radius 2 is 1.69 bits per heavy atom. The molecule has 26 heavy (non-hydrogen) atoms. The van der Waals surface area contributed by atoms with Gasteiger partial charge < -0.3 is 4.74 Å². The third-order valence-corrected chi connectivity index (χ3v) is 8.56. The Morgan fingerprint density at radius 3 is 2.31 bits per heavy atom. The lowest BCUT2D eigenvalue weighted by Crippen LogP contribution is -2.58. The maximum Gasteiger partial charge on any atom is 0.243 e. The van der Waals surface area contributed by atoms with Crippen molar-refractivity contribution in [2.75, 3.05) is 39.4 Å². The minimum Gasteiger partial charge on any atom is -0.379 e. The minimum atomic E-state index is -3.39. The van der Waals surface area contributed by atoms with Gasteiger partial charge in [0.25, 0.3) is 0 Å². The molecule has 0 radical (unpaired) electrons. The monoisotopic (exact) mass is 378 g/mol. The van der Waals surface area contributed by atoms with Crippen molar-refractivity contribution in [3.05, 3.63) is 28.8 Å². The molecular weight excluding hydrogens is 348 g/mol. The van der Waals surface area contributed by atoms with Gasteiger partial charge in [-0.1, -0.05) is 17.7 Å². The number of hydrogen-bond donors (Lipinski definition) is 0. The fourth-order valence-electron chi connectivity index (χ4n) is 5.29. The SMILES string of the molecule is Cc1cc(C)c(S(=O)(=O)N2CC3(CCC(N4CCOCC4)C3)C2)c(C)c1. The molecule has 1 aromatic rings. The zero-order valence-electron chi connectivity index (χ0n) is 16.1. The molecule has 6 heteroatoms. The molecule has 1 aliphatic carbocycles. The van der Waals surface area contributed by atoms with Crippen LogP contribution in [0.15, 0.2) is 17.0 Å². The van der Waals surface area contributed by atoms with Crippen LogP contribution in [-0.4, -0.2) is 63.1 Å². The van der Waals surface area contributed by atoms with Crippen LogP contribution in [0.25, 0.3) is 0 Å². The molecule has 0 amide bonds. The fraction of sp³-hybridized carbons (Fsp3) is 0.700. The Bertz CT molecular complexity index is 770. The maximum absolute atomic E-state index is 13.2. The van der Waals surface area contributed by atoms with Crippen LogP contribution in [0.4, 0.5) is 0 Å². The van der Waals surface area contributed by atoms with Gasteiger partial charge in [0, 0.05) is 32.2 Å². The van der Waals surface area contributed by atoms with Crippen molar-refractivity contribution < 1.29 is 13.2 Å². The summed E-state index contributed by atoms with van der Waals surface area (Å²) >= 11 is 0. The highest BCUT2D eigenvalue weighted by Crippen LogP contribution is 2.49. The number of benzene rings is 1. The molecule has 1 unspecified atom stereocenters. The van der Waals surface area contributed by atoms with Crippen LogP contribution in [0, 0.1) is 26.2 Å². The van der Waals surface area contributed by atoms with Crippen LogP contribution < -0.4 is 0 Å². The summed E-state index contributed by atoms with van der Waals surface area (Å²) in [5.74, 6) is 0. The van der Waals surface area contributed by atoms with E-state index < -0.39 is 10.0 Å². The number of ether oxygens (including phenoxy) is 1. The van der Waals surface area contributed by atoms with Gasteiger partial charge in [0.15, 0.2) is 0 Å². The summed E-state index contributed by atoms with van der Waals surface area (Å²) in [6, 6.07) is 4.55. The van der Waals surface area contributed by atoms with Gasteiger partial charge in [0.1, 0.15) is 0 Å². The normalized spacial score (nSPS) is 27.0. The van der Waals surface area contributed by atoms with E-state index in [4.69, 9.17) is 4.74 Å². The molecule has 1 spiro atoms. The number of morpholine rings is 1. The van der Waals surface area contributed by atoms with Crippen molar-refractivity contribution in [2.45, 2.75) is 51.0 Å². The average molecular weight is 379 g/mol. The third kappa shape index (κ3) is 3.11. The highest BCUT2D eigenvalue weighted by atomic mass is 32.2. The van der Waals surface area contributed by atoms with Crippen LogP contribution in [0.3, 0.4) is 0 Å². The Morgan fingerprint density at radius 1 is 1.08 bits per heavy atom. The van der Waals surface area contributed by atoms with Crippen LogP contribution in [0.5, 0.6) is 0 Å². The lowest BCUT2D eigenvalue weighted by Gasteiger charge is -2.48. The second kappa shape index (κ2) is 6.59. The van der Waals surface area contributed by atoms with Crippen molar-refractivity contribution >= 4 is 10.0 Å². The van der Waals surface area contributed by atoms with E-state index in [1.54, 1.807) is 4.31 Å². The van der Waals surface area contributed by atoms with Gasteiger partial charge in [0.05, 0.1) is 18.1 Å². The largest absolute Gasteiger partial charge is 0.379 e. The Labute approximate surface area is 157 Å². The lowest BCUT2D eigenvalue weighted by molar-refractivity contribution is 0.00814. The molecule has 1 saturated carbocycles. The van der Waals surface area contributed by atoms with E-state index in [0.717, 1.165) is 55.8 Å². The molecule has 2 heterocycles. The van der Waals surface area contributed by atoms with Crippen molar-refractivity contribution in [3.8, 4) is 0 Å². The first-order valence-electron chi connectivity index (χ1n) is 9.71. The lowest BCUT2D eigenvalue weighted by atomic mass is 9.80. The summed E-state index contributed by atoms with van der Waals surface area (Å²) in [5.41, 5.74) is 3.04. The number of hydrogen-bond acceptors (Lipinski definition) is 4. The summed E-state index contributed by atoms with van der Waals surface area (Å²) in [4.78, 5) is 3.06. The summed E-state index contributed by atoms with van der Waals surface area (Å²) < 4.78 is 33.6. The number of sulfonamides is 1. The Hall–Kier alpha value is -0.950. The molecule has 2 aliphatic heterocycles. The van der Waals surface area contributed by atoms with Crippen molar-refractivity contribution in [2.24, 2.45) is 5.41 Å². The molecule has 1 atom stereocenters. The summed E-state index contributed by atoms with van der Waals surface area (Å²) in [7, 11) is -3.39. The van der Waals surface area contributed by atoms with Crippen molar-refractivity contribution in [1.82, 2.24) is 9.21 Å². The second-order valence-electron chi connectivity index (χ2n) is 8.55. The zero-order chi connectivity index (χ0) is 18.5. The van der Waals surface area contributed by atoms with E-state index in [-0.39, 0.29) is 5.41 Å². The van der Waals surface area contributed by atoms with E-state index in [0.29, 0.717) is 24.0 Å². The zero-order valence-corrected chi connectivity index (χ0v) is 16.9. The topological polar surface area (TPSA) is 49.9 Å². The molecule has 2 saturated heterocycles. The Balaban J connectivity index is 1.46. The predicted molar refractivity (Wildman–Crippen MR) is 102 cm³/mol. The number of rotatable bonds is 3. The van der Waals surface area contributed by atoms with Gasteiger partial charge in [-0.15, -0.1) is 0 Å². The number of aryl methyl sites for hydroxylation is 3. The van der Waals surface area contributed by atoms with Gasteiger partial charge in [-0.2, -0.15) is 4.31 Å². The van der Waals surface area contributed by atoms with E-state index in [1.807, 2.05) is 32.9 Å². The highest BCUT2D eigenvalue weighted by molar-refractivity contribution is 7.89. The first kappa shape index (κ1) is 18.4. The molecule has 4 rings (SSSR count). The maximum atomic E-state index is 13.2. The molecule has 1 aromatic carbocycles. The summed E-state index contributed by atoms with van der Waals surface area (Å²) in [6.07, 6.45) is 3.47. The molecule has 144 valence electrons. The van der Waals surface area contributed by atoms with Gasteiger partial charge in [-0.25, -0.2) is 8.42 Å². The quantitative estimate of drug-likeness (QED) is 0.811. The average Bonchev–Trinajstić information content (AvgIpc) is 2.99. The number of nitrogens with zero attached hydrogens (tertiary/aromatic N) is 2. The third-order valence-electron chi connectivity index (χ3n) is 6.46. The van der Waals surface area contributed by atoms with Gasteiger partial charge in [-0.3, -0.25) is 4.90 Å². The van der Waals surface area contributed by atoms with Crippen molar-refractivity contribution in [3.63, 3.8) is 0 Å². The smallest absolute Gasteiger partial charge is 0.243 e. The summed E-state index contributed by atoms with van der Waals surface area (Å²) in [5, 5.41) is 0. The standard InChI is InChI=1S/C20H30N2O3S/c1-15-10-16(2)19(17(3)11-15)26(23,24)22-13-20(14-22)5-4-18(12-20)21-6-8-25-9-7-21/h10-11,18H,4-9,12-14H2,1-3H3. The molecule has 0 N–H and O–H groups in total. The molecule has 0 aromatic heterocycles. The van der Waals surface area contributed by atoms with E-state index in [9.17, 15) is 8.42 Å². The summed E-state index contributed by atoms with van der Waals surface area (Å²) in [6.45, 7) is 10.9. The molecule has 3 aliphatic rings. The van der Waals surface area contributed by atoms with Crippen LogP contribution in [-0.2, 0) is 14.8 Å². The second-order valence-corrected chi connectivity index (χ2v) is 10.4. The minimum absolute atomic E-state index is 0.197. The van der Waals surface area contributed by atoms with Crippen LogP contribution in [0.2, 0.25) is 0 Å². The van der Waals surface area contributed by atoms with E-state index in [2.05, 4.69) is 4.90 Å². The molecule has 0 bridgehead atoms. The van der Waals surface area contributed by atoms with Crippen LogP contribution >= 0.6 is 0 Å². The first-order chi connectivity index (χ1) is 12.3. The molecule has 3 fully saturated rings. The van der Waals surface area contributed by atoms with Gasteiger partial charge >= 0.3 is 0 Å². The van der Waals surface area contributed by atoms with Crippen LogP contribution in [0.1, 0.15) is 36.0 Å². The van der Waals surface area contributed by atoms with Gasteiger partial charge in [0.2, 0.25) is 10.0 Å². The first-order valence-corrected chi connectivity index (χ1v) is 11.1.